The number of carboxylic acid groups (broad SMARTS) is 1. The normalized spacial score (nSPS) is 13.7. The maximum absolute atomic E-state index is 10.8. The van der Waals surface area contributed by atoms with Crippen LogP contribution >= 0.6 is 0 Å². The van der Waals surface area contributed by atoms with E-state index in [1.807, 2.05) is 11.6 Å². The van der Waals surface area contributed by atoms with Crippen molar-refractivity contribution >= 4 is 17.0 Å². The van der Waals surface area contributed by atoms with E-state index >= 15 is 0 Å². The molecule has 0 aliphatic rings. The van der Waals surface area contributed by atoms with Gasteiger partial charge in [0.05, 0.1) is 11.0 Å². The van der Waals surface area contributed by atoms with E-state index in [1.165, 1.54) is 0 Å². The lowest BCUT2D eigenvalue weighted by molar-refractivity contribution is -0.146. The number of nitrogens with zero attached hydrogens (tertiary/aromatic N) is 2. The molecule has 2 rings (SSSR count). The highest BCUT2D eigenvalue weighted by Crippen LogP contribution is 2.27. The predicted octanol–water partition coefficient (Wildman–Crippen LogP) is 1.99. The van der Waals surface area contributed by atoms with E-state index in [2.05, 4.69) is 25.8 Å². The number of aryl methyl sites for hydroxylation is 1. The number of hydrogen-bond donors (Lipinski definition) is 2. The molecule has 0 aliphatic heterocycles. The fourth-order valence-electron chi connectivity index (χ4n) is 2.20. The molecule has 1 atom stereocenters. The van der Waals surface area contributed by atoms with Crippen LogP contribution in [0.2, 0.25) is 0 Å². The number of aromatic nitrogens is 2. The lowest BCUT2D eigenvalue weighted by atomic mass is 9.96. The zero-order valence-corrected chi connectivity index (χ0v) is 11.5. The third-order valence-corrected chi connectivity index (χ3v) is 3.13. The summed E-state index contributed by atoms with van der Waals surface area (Å²) in [6, 6.07) is 5.04. The maximum atomic E-state index is 10.8. The molecule has 2 aromatic rings. The highest BCUT2D eigenvalue weighted by atomic mass is 16.4. The van der Waals surface area contributed by atoms with Gasteiger partial charge in [0.1, 0.15) is 5.82 Å². The van der Waals surface area contributed by atoms with Gasteiger partial charge in [-0.25, -0.2) is 9.78 Å². The standard InChI is InChI=1S/C14H18N2O3/c1-14(2,3)13-15-9-7-8(11(17)12(18)19)5-6-10(9)16(13)4/h5-7,11,17H,1-4H3,(H,18,19). The van der Waals surface area contributed by atoms with Gasteiger partial charge in [0.25, 0.3) is 0 Å². The molecule has 1 aromatic heterocycles. The summed E-state index contributed by atoms with van der Waals surface area (Å²) in [4.78, 5) is 15.3. The van der Waals surface area contributed by atoms with Crippen LogP contribution in [0.25, 0.3) is 11.0 Å². The van der Waals surface area contributed by atoms with Crippen LogP contribution in [0.15, 0.2) is 18.2 Å². The zero-order valence-electron chi connectivity index (χ0n) is 11.5. The van der Waals surface area contributed by atoms with E-state index < -0.39 is 12.1 Å². The fourth-order valence-corrected chi connectivity index (χ4v) is 2.20. The van der Waals surface area contributed by atoms with Crippen LogP contribution in [-0.4, -0.2) is 25.7 Å². The molecule has 0 radical (unpaired) electrons. The van der Waals surface area contributed by atoms with Crippen molar-refractivity contribution in [2.24, 2.45) is 7.05 Å². The van der Waals surface area contributed by atoms with E-state index in [1.54, 1.807) is 18.2 Å². The number of hydrogen-bond acceptors (Lipinski definition) is 3. The van der Waals surface area contributed by atoms with Crippen LogP contribution in [0.3, 0.4) is 0 Å². The van der Waals surface area contributed by atoms with Gasteiger partial charge in [-0.15, -0.1) is 0 Å². The van der Waals surface area contributed by atoms with E-state index in [9.17, 15) is 9.90 Å². The number of carboxylic acids is 1. The van der Waals surface area contributed by atoms with Crippen molar-refractivity contribution in [3.05, 3.63) is 29.6 Å². The number of aliphatic hydroxyl groups is 1. The molecule has 0 saturated carbocycles. The van der Waals surface area contributed by atoms with Crippen molar-refractivity contribution in [2.75, 3.05) is 0 Å². The van der Waals surface area contributed by atoms with Gasteiger partial charge < -0.3 is 14.8 Å². The predicted molar refractivity (Wildman–Crippen MR) is 72.0 cm³/mol. The van der Waals surface area contributed by atoms with Crippen LogP contribution in [0, 0.1) is 0 Å². The molecule has 5 heteroatoms. The number of fused-ring (bicyclic) bond motifs is 1. The summed E-state index contributed by atoms with van der Waals surface area (Å²) >= 11 is 0. The number of aliphatic hydroxyl groups excluding tert-OH is 1. The molecule has 0 spiro atoms. The first-order chi connectivity index (χ1) is 8.71. The second-order valence-electron chi connectivity index (χ2n) is 5.73. The Balaban J connectivity index is 2.59. The van der Waals surface area contributed by atoms with Crippen LogP contribution in [0.5, 0.6) is 0 Å². The van der Waals surface area contributed by atoms with Gasteiger partial charge in [-0.1, -0.05) is 26.8 Å². The van der Waals surface area contributed by atoms with E-state index in [4.69, 9.17) is 5.11 Å². The lowest BCUT2D eigenvalue weighted by Crippen LogP contribution is -2.17. The summed E-state index contributed by atoms with van der Waals surface area (Å²) in [5.74, 6) is -0.337. The Morgan fingerprint density at radius 3 is 2.53 bits per heavy atom. The number of rotatable bonds is 2. The smallest absolute Gasteiger partial charge is 0.337 e. The average Bonchev–Trinajstić information content (AvgIpc) is 2.65. The monoisotopic (exact) mass is 262 g/mol. The number of carbonyl (C=O) groups is 1. The Hall–Kier alpha value is -1.88. The Bertz CT molecular complexity index is 638. The van der Waals surface area contributed by atoms with Crippen molar-refractivity contribution in [3.63, 3.8) is 0 Å². The molecule has 0 fully saturated rings. The Morgan fingerprint density at radius 1 is 1.37 bits per heavy atom. The second kappa shape index (κ2) is 4.35. The largest absolute Gasteiger partial charge is 0.479 e. The molecule has 1 heterocycles. The highest BCUT2D eigenvalue weighted by Gasteiger charge is 2.22. The molecule has 1 aromatic carbocycles. The SMILES string of the molecule is Cn1c(C(C)(C)C)nc2cc(C(O)C(=O)O)ccc21. The van der Waals surface area contributed by atoms with Gasteiger partial charge in [-0.3, -0.25) is 0 Å². The Kier molecular flexibility index (Phi) is 3.10. The van der Waals surface area contributed by atoms with Gasteiger partial charge in [0, 0.05) is 12.5 Å². The fraction of sp³-hybridized carbons (Fsp3) is 0.429. The van der Waals surface area contributed by atoms with Gasteiger partial charge in [0.15, 0.2) is 6.10 Å². The summed E-state index contributed by atoms with van der Waals surface area (Å²) in [7, 11) is 1.93. The molecule has 19 heavy (non-hydrogen) atoms. The Morgan fingerprint density at radius 2 is 2.00 bits per heavy atom. The average molecular weight is 262 g/mol. The minimum absolute atomic E-state index is 0.0979. The number of benzene rings is 1. The summed E-state index contributed by atoms with van der Waals surface area (Å²) in [5.41, 5.74) is 1.87. The molecule has 5 nitrogen and oxygen atoms in total. The van der Waals surface area contributed by atoms with E-state index in [0.29, 0.717) is 11.1 Å². The zero-order chi connectivity index (χ0) is 14.4. The Labute approximate surface area is 111 Å². The topological polar surface area (TPSA) is 75.3 Å². The van der Waals surface area contributed by atoms with Crippen molar-refractivity contribution < 1.29 is 15.0 Å². The second-order valence-corrected chi connectivity index (χ2v) is 5.73. The third kappa shape index (κ3) is 2.33. The number of imidazole rings is 1. The van der Waals surface area contributed by atoms with Gasteiger partial charge in [-0.2, -0.15) is 0 Å². The quantitative estimate of drug-likeness (QED) is 0.867. The third-order valence-electron chi connectivity index (χ3n) is 3.13. The van der Waals surface area contributed by atoms with Gasteiger partial charge >= 0.3 is 5.97 Å². The summed E-state index contributed by atoms with van der Waals surface area (Å²) in [6.45, 7) is 6.21. The molecule has 102 valence electrons. The molecule has 2 N–H and O–H groups in total. The van der Waals surface area contributed by atoms with Crippen molar-refractivity contribution in [3.8, 4) is 0 Å². The van der Waals surface area contributed by atoms with Crippen LogP contribution < -0.4 is 0 Å². The van der Waals surface area contributed by atoms with Crippen molar-refractivity contribution in [2.45, 2.75) is 32.3 Å². The minimum atomic E-state index is -1.51. The molecule has 0 aliphatic carbocycles. The minimum Gasteiger partial charge on any atom is -0.479 e. The molecule has 1 unspecified atom stereocenters. The number of aliphatic carboxylic acids is 1. The maximum Gasteiger partial charge on any atom is 0.337 e. The molecular weight excluding hydrogens is 244 g/mol. The summed E-state index contributed by atoms with van der Waals surface area (Å²) < 4.78 is 1.99. The molecular formula is C14H18N2O3. The first-order valence-corrected chi connectivity index (χ1v) is 6.09. The molecule has 0 amide bonds. The molecule has 0 bridgehead atoms. The van der Waals surface area contributed by atoms with Gasteiger partial charge in [0.2, 0.25) is 0 Å². The van der Waals surface area contributed by atoms with E-state index in [-0.39, 0.29) is 5.41 Å². The van der Waals surface area contributed by atoms with Crippen molar-refractivity contribution in [1.29, 1.82) is 0 Å². The lowest BCUT2D eigenvalue weighted by Gasteiger charge is -2.17. The van der Waals surface area contributed by atoms with Crippen LogP contribution in [0.1, 0.15) is 38.3 Å². The van der Waals surface area contributed by atoms with Crippen LogP contribution in [0.4, 0.5) is 0 Å². The van der Waals surface area contributed by atoms with Crippen molar-refractivity contribution in [1.82, 2.24) is 9.55 Å². The summed E-state index contributed by atoms with van der Waals surface area (Å²) in [5, 5.41) is 18.4. The van der Waals surface area contributed by atoms with E-state index in [0.717, 1.165) is 11.3 Å². The molecule has 0 saturated heterocycles. The first-order valence-electron chi connectivity index (χ1n) is 6.09. The summed E-state index contributed by atoms with van der Waals surface area (Å²) in [6.07, 6.45) is -1.51. The first kappa shape index (κ1) is 13.5. The van der Waals surface area contributed by atoms with Crippen LogP contribution in [-0.2, 0) is 17.3 Å². The van der Waals surface area contributed by atoms with Gasteiger partial charge in [-0.05, 0) is 17.7 Å². The highest BCUT2D eigenvalue weighted by molar-refractivity contribution is 5.80.